The largest absolute Gasteiger partial charge is 0.497 e. The molecule has 2 N–H and O–H groups in total. The summed E-state index contributed by atoms with van der Waals surface area (Å²) in [6, 6.07) is 12.7. The van der Waals surface area contributed by atoms with Crippen LogP contribution in [0.2, 0.25) is 0 Å². The van der Waals surface area contributed by atoms with Crippen LogP contribution in [0.25, 0.3) is 0 Å². The number of ether oxygens (including phenoxy) is 3. The SMILES string of the molecule is COc1ccc(CNC(=O)[C@@H](C)Nc2ccc3c(c2)OCO3)cc1. The van der Waals surface area contributed by atoms with Gasteiger partial charge in [-0.25, -0.2) is 0 Å². The summed E-state index contributed by atoms with van der Waals surface area (Å²) in [5.41, 5.74) is 1.82. The molecule has 24 heavy (non-hydrogen) atoms. The Morgan fingerprint density at radius 3 is 2.67 bits per heavy atom. The Morgan fingerprint density at radius 1 is 1.17 bits per heavy atom. The number of amides is 1. The van der Waals surface area contributed by atoms with Crippen molar-refractivity contribution >= 4 is 11.6 Å². The molecule has 1 atom stereocenters. The highest BCUT2D eigenvalue weighted by Crippen LogP contribution is 2.34. The molecule has 6 heteroatoms. The Hall–Kier alpha value is -2.89. The zero-order chi connectivity index (χ0) is 16.9. The fraction of sp³-hybridized carbons (Fsp3) is 0.278. The minimum absolute atomic E-state index is 0.0801. The van der Waals surface area contributed by atoms with Crippen molar-refractivity contribution in [2.75, 3.05) is 19.2 Å². The van der Waals surface area contributed by atoms with E-state index in [0.29, 0.717) is 12.3 Å². The zero-order valence-corrected chi connectivity index (χ0v) is 13.7. The molecule has 0 radical (unpaired) electrons. The Balaban J connectivity index is 1.52. The number of carbonyl (C=O) groups excluding carboxylic acids is 1. The van der Waals surface area contributed by atoms with Crippen LogP contribution < -0.4 is 24.8 Å². The van der Waals surface area contributed by atoms with Crippen LogP contribution in [0.4, 0.5) is 5.69 Å². The van der Waals surface area contributed by atoms with Gasteiger partial charge in [0.25, 0.3) is 0 Å². The third-order valence-electron chi connectivity index (χ3n) is 3.77. The van der Waals surface area contributed by atoms with Crippen molar-refractivity contribution in [3.8, 4) is 17.2 Å². The Bertz CT molecular complexity index is 715. The molecule has 1 heterocycles. The van der Waals surface area contributed by atoms with E-state index in [1.807, 2.05) is 49.4 Å². The average Bonchev–Trinajstić information content (AvgIpc) is 3.07. The van der Waals surface area contributed by atoms with E-state index in [1.54, 1.807) is 7.11 Å². The number of hydrogen-bond acceptors (Lipinski definition) is 5. The van der Waals surface area contributed by atoms with Crippen molar-refractivity contribution in [2.24, 2.45) is 0 Å². The molecule has 2 aromatic rings. The third-order valence-corrected chi connectivity index (χ3v) is 3.77. The predicted molar refractivity (Wildman–Crippen MR) is 90.5 cm³/mol. The van der Waals surface area contributed by atoms with Crippen LogP contribution in [0.5, 0.6) is 17.2 Å². The van der Waals surface area contributed by atoms with Crippen LogP contribution in [0.15, 0.2) is 42.5 Å². The maximum atomic E-state index is 12.2. The van der Waals surface area contributed by atoms with Crippen molar-refractivity contribution in [1.29, 1.82) is 0 Å². The molecule has 0 fully saturated rings. The quantitative estimate of drug-likeness (QED) is 0.853. The molecule has 2 aromatic carbocycles. The zero-order valence-electron chi connectivity index (χ0n) is 13.7. The lowest BCUT2D eigenvalue weighted by molar-refractivity contribution is -0.121. The smallest absolute Gasteiger partial charge is 0.242 e. The Labute approximate surface area is 140 Å². The van der Waals surface area contributed by atoms with E-state index in [4.69, 9.17) is 14.2 Å². The maximum absolute atomic E-state index is 12.2. The summed E-state index contributed by atoms with van der Waals surface area (Å²) in [6.07, 6.45) is 0. The van der Waals surface area contributed by atoms with Gasteiger partial charge in [0.1, 0.15) is 11.8 Å². The first-order valence-corrected chi connectivity index (χ1v) is 7.72. The van der Waals surface area contributed by atoms with Gasteiger partial charge in [0.2, 0.25) is 12.7 Å². The van der Waals surface area contributed by atoms with Crippen molar-refractivity contribution in [3.05, 3.63) is 48.0 Å². The lowest BCUT2D eigenvalue weighted by Crippen LogP contribution is -2.37. The van der Waals surface area contributed by atoms with Gasteiger partial charge in [0.05, 0.1) is 7.11 Å². The minimum Gasteiger partial charge on any atom is -0.497 e. The van der Waals surface area contributed by atoms with Crippen molar-refractivity contribution in [1.82, 2.24) is 5.32 Å². The molecule has 0 aliphatic carbocycles. The van der Waals surface area contributed by atoms with E-state index in [-0.39, 0.29) is 18.7 Å². The molecule has 1 aliphatic heterocycles. The van der Waals surface area contributed by atoms with Crippen LogP contribution in [-0.2, 0) is 11.3 Å². The van der Waals surface area contributed by atoms with Crippen molar-refractivity contribution < 1.29 is 19.0 Å². The highest BCUT2D eigenvalue weighted by atomic mass is 16.7. The summed E-state index contributed by atoms with van der Waals surface area (Å²) in [5, 5.41) is 6.07. The van der Waals surface area contributed by atoms with Crippen LogP contribution in [0.1, 0.15) is 12.5 Å². The summed E-state index contributed by atoms with van der Waals surface area (Å²) in [4.78, 5) is 12.2. The molecular weight excluding hydrogens is 308 g/mol. The van der Waals surface area contributed by atoms with E-state index >= 15 is 0 Å². The predicted octanol–water partition coefficient (Wildman–Crippen LogP) is 2.54. The topological polar surface area (TPSA) is 68.8 Å². The molecule has 126 valence electrons. The first-order chi connectivity index (χ1) is 11.7. The van der Waals surface area contributed by atoms with Gasteiger partial charge in [-0.05, 0) is 36.8 Å². The standard InChI is InChI=1S/C18H20N2O4/c1-12(20-14-5-8-16-17(9-14)24-11-23-16)18(21)19-10-13-3-6-15(22-2)7-4-13/h3-9,12,20H,10-11H2,1-2H3,(H,19,21)/t12-/m1/s1. The molecule has 0 unspecified atom stereocenters. The number of rotatable bonds is 6. The van der Waals surface area contributed by atoms with Crippen LogP contribution in [0, 0.1) is 0 Å². The van der Waals surface area contributed by atoms with Gasteiger partial charge < -0.3 is 24.8 Å². The van der Waals surface area contributed by atoms with Crippen molar-refractivity contribution in [3.63, 3.8) is 0 Å². The second-order valence-electron chi connectivity index (χ2n) is 5.50. The van der Waals surface area contributed by atoms with E-state index in [9.17, 15) is 4.79 Å². The van der Waals surface area contributed by atoms with Crippen molar-refractivity contribution in [2.45, 2.75) is 19.5 Å². The second kappa shape index (κ2) is 7.12. The normalized spacial score (nSPS) is 13.2. The minimum atomic E-state index is -0.372. The summed E-state index contributed by atoms with van der Waals surface area (Å²) < 4.78 is 15.7. The van der Waals surface area contributed by atoms with Crippen LogP contribution in [-0.4, -0.2) is 25.9 Å². The van der Waals surface area contributed by atoms with Gasteiger partial charge in [0.15, 0.2) is 11.5 Å². The van der Waals surface area contributed by atoms with Crippen LogP contribution >= 0.6 is 0 Å². The molecule has 6 nitrogen and oxygen atoms in total. The van der Waals surface area contributed by atoms with Crippen LogP contribution in [0.3, 0.4) is 0 Å². The molecule has 1 aliphatic rings. The second-order valence-corrected chi connectivity index (χ2v) is 5.50. The van der Waals surface area contributed by atoms with E-state index < -0.39 is 0 Å². The number of nitrogens with one attached hydrogen (secondary N) is 2. The molecule has 0 spiro atoms. The lowest BCUT2D eigenvalue weighted by Gasteiger charge is -2.15. The van der Waals surface area contributed by atoms with E-state index in [0.717, 1.165) is 22.7 Å². The Morgan fingerprint density at radius 2 is 1.92 bits per heavy atom. The van der Waals surface area contributed by atoms with Gasteiger partial charge >= 0.3 is 0 Å². The van der Waals surface area contributed by atoms with E-state index in [1.165, 1.54) is 0 Å². The third kappa shape index (κ3) is 3.71. The number of anilines is 1. The highest BCUT2D eigenvalue weighted by molar-refractivity contribution is 5.84. The number of benzene rings is 2. The number of fused-ring (bicyclic) bond motifs is 1. The molecule has 0 bridgehead atoms. The summed E-state index contributed by atoms with van der Waals surface area (Å²) in [6.45, 7) is 2.51. The molecule has 1 amide bonds. The first kappa shape index (κ1) is 16.0. The first-order valence-electron chi connectivity index (χ1n) is 7.72. The fourth-order valence-electron chi connectivity index (χ4n) is 2.39. The highest BCUT2D eigenvalue weighted by Gasteiger charge is 2.16. The van der Waals surface area contributed by atoms with E-state index in [2.05, 4.69) is 10.6 Å². The van der Waals surface area contributed by atoms with Gasteiger partial charge in [0, 0.05) is 18.3 Å². The van der Waals surface area contributed by atoms with Gasteiger partial charge in [-0.15, -0.1) is 0 Å². The number of hydrogen-bond donors (Lipinski definition) is 2. The molecular formula is C18H20N2O4. The van der Waals surface area contributed by atoms with Gasteiger partial charge in [-0.3, -0.25) is 4.79 Å². The number of methoxy groups -OCH3 is 1. The average molecular weight is 328 g/mol. The number of carbonyl (C=O) groups is 1. The molecule has 0 saturated carbocycles. The molecule has 0 saturated heterocycles. The van der Waals surface area contributed by atoms with Gasteiger partial charge in [-0.2, -0.15) is 0 Å². The summed E-state index contributed by atoms with van der Waals surface area (Å²) in [5.74, 6) is 2.12. The summed E-state index contributed by atoms with van der Waals surface area (Å²) >= 11 is 0. The van der Waals surface area contributed by atoms with Gasteiger partial charge in [-0.1, -0.05) is 12.1 Å². The lowest BCUT2D eigenvalue weighted by atomic mass is 10.2. The molecule has 0 aromatic heterocycles. The fourth-order valence-corrected chi connectivity index (χ4v) is 2.39. The maximum Gasteiger partial charge on any atom is 0.242 e. The Kier molecular flexibility index (Phi) is 4.74. The summed E-state index contributed by atoms with van der Waals surface area (Å²) in [7, 11) is 1.63. The monoisotopic (exact) mass is 328 g/mol. The molecule has 3 rings (SSSR count).